The topological polar surface area (TPSA) is 32.7 Å². The van der Waals surface area contributed by atoms with E-state index in [-0.39, 0.29) is 6.54 Å². The minimum absolute atomic E-state index is 0.0225. The molecule has 0 aromatic carbocycles. The molecular weight excluding hydrogens is 303 g/mol. The van der Waals surface area contributed by atoms with Gasteiger partial charge in [-0.2, -0.15) is 13.2 Å². The third kappa shape index (κ3) is 9.12. The van der Waals surface area contributed by atoms with E-state index in [0.717, 1.165) is 0 Å². The molecule has 122 valence electrons. The summed E-state index contributed by atoms with van der Waals surface area (Å²) < 4.78 is 41.9. The van der Waals surface area contributed by atoms with Crippen molar-refractivity contribution in [3.63, 3.8) is 0 Å². The minimum Gasteiger partial charge on any atom is -0.456 e. The van der Waals surface area contributed by atoms with E-state index < -0.39 is 35.6 Å². The van der Waals surface area contributed by atoms with Crippen molar-refractivity contribution in [3.8, 4) is 0 Å². The monoisotopic (exact) mass is 331 g/mol. The Kier molecular flexibility index (Phi) is 7.43. The third-order valence-corrected chi connectivity index (χ3v) is 7.42. The van der Waals surface area contributed by atoms with Crippen molar-refractivity contribution >= 4 is 16.6 Å². The number of halogens is 3. The van der Waals surface area contributed by atoms with Crippen molar-refractivity contribution < 1.29 is 22.4 Å². The Hall–Kier alpha value is 0.104. The van der Waals surface area contributed by atoms with Gasteiger partial charge in [0.05, 0.1) is 6.61 Å². The Balaban J connectivity index is 0.000000370. The van der Waals surface area contributed by atoms with E-state index in [1.54, 1.807) is 0 Å². The van der Waals surface area contributed by atoms with Crippen LogP contribution in [0.1, 0.15) is 12.8 Å². The van der Waals surface area contributed by atoms with Crippen LogP contribution in [0.5, 0.6) is 0 Å². The molecule has 0 aliphatic carbocycles. The predicted octanol–water partition coefficient (Wildman–Crippen LogP) is 3.64. The van der Waals surface area contributed by atoms with Gasteiger partial charge >= 0.3 is 6.30 Å². The molecule has 1 heterocycles. The van der Waals surface area contributed by atoms with Crippen LogP contribution in [-0.4, -0.2) is 52.1 Å². The Morgan fingerprint density at radius 1 is 1.10 bits per heavy atom. The van der Waals surface area contributed by atoms with Crippen LogP contribution < -0.4 is 0 Å². The van der Waals surface area contributed by atoms with Crippen LogP contribution in [0.15, 0.2) is 0 Å². The van der Waals surface area contributed by atoms with E-state index in [9.17, 15) is 13.2 Å². The van der Waals surface area contributed by atoms with E-state index in [0.29, 0.717) is 17.7 Å². The second-order valence-electron chi connectivity index (χ2n) is 6.97. The van der Waals surface area contributed by atoms with Crippen molar-refractivity contribution in [1.29, 1.82) is 0 Å². The fourth-order valence-electron chi connectivity index (χ4n) is 2.28. The smallest absolute Gasteiger partial charge is 0.456 e. The summed E-state index contributed by atoms with van der Waals surface area (Å²) in [5, 5.41) is 8.56. The van der Waals surface area contributed by atoms with Gasteiger partial charge in [0.2, 0.25) is 0 Å². The summed E-state index contributed by atoms with van der Waals surface area (Å²) >= 11 is 0. The highest BCUT2D eigenvalue weighted by atomic mass is 28.4. The van der Waals surface area contributed by atoms with Crippen LogP contribution in [-0.2, 0) is 4.12 Å². The van der Waals surface area contributed by atoms with Crippen LogP contribution in [0, 0.1) is 0 Å². The summed E-state index contributed by atoms with van der Waals surface area (Å²) in [7, 11) is -2.46. The average molecular weight is 332 g/mol. The van der Waals surface area contributed by atoms with Crippen molar-refractivity contribution in [1.82, 2.24) is 4.90 Å². The molecule has 1 aliphatic heterocycles. The van der Waals surface area contributed by atoms with Crippen molar-refractivity contribution in [2.45, 2.75) is 64.5 Å². The lowest BCUT2D eigenvalue weighted by Gasteiger charge is -2.27. The maximum atomic E-state index is 12.0. The molecule has 0 bridgehead atoms. The van der Waals surface area contributed by atoms with Gasteiger partial charge in [-0.1, -0.05) is 0 Å². The number of hydrogen-bond acceptors (Lipinski definition) is 3. The molecule has 3 nitrogen and oxygen atoms in total. The quantitative estimate of drug-likeness (QED) is 0.633. The Morgan fingerprint density at radius 2 is 1.55 bits per heavy atom. The molecule has 1 aliphatic rings. The van der Waals surface area contributed by atoms with Crippen LogP contribution in [0.4, 0.5) is 13.2 Å². The first-order valence-corrected chi connectivity index (χ1v) is 13.7. The van der Waals surface area contributed by atoms with Gasteiger partial charge in [0.25, 0.3) is 0 Å². The fraction of sp³-hybridized carbons (Fsp3) is 1.00. The molecule has 1 fully saturated rings. The van der Waals surface area contributed by atoms with Gasteiger partial charge in [0.1, 0.15) is 0 Å². The molecule has 20 heavy (non-hydrogen) atoms. The molecule has 0 amide bonds. The minimum atomic E-state index is -4.27. The average Bonchev–Trinajstić information content (AvgIpc) is 2.58. The molecule has 1 rings (SSSR count). The highest BCUT2D eigenvalue weighted by Gasteiger charge is 2.43. The normalized spacial score (nSPS) is 21.6. The summed E-state index contributed by atoms with van der Waals surface area (Å²) in [6, 6.07) is -0.713. The van der Waals surface area contributed by atoms with Gasteiger partial charge in [-0.05, 0) is 52.1 Å². The van der Waals surface area contributed by atoms with E-state index in [1.807, 2.05) is 0 Å². The maximum Gasteiger partial charge on any atom is 0.460 e. The number of aliphatic hydroxyl groups is 1. The van der Waals surface area contributed by atoms with Crippen LogP contribution >= 0.6 is 0 Å². The number of hydrogen-bond donors (Lipinski definition) is 1. The Bertz CT molecular complexity index is 276. The Morgan fingerprint density at radius 3 is 1.75 bits per heavy atom. The van der Waals surface area contributed by atoms with Gasteiger partial charge in [-0.15, -0.1) is 0 Å². The van der Waals surface area contributed by atoms with Crippen LogP contribution in [0.3, 0.4) is 0 Å². The molecule has 1 saturated heterocycles. The zero-order valence-electron chi connectivity index (χ0n) is 13.3. The highest BCUT2D eigenvalue weighted by molar-refractivity contribution is 6.83. The lowest BCUT2D eigenvalue weighted by molar-refractivity contribution is -0.252. The molecule has 0 spiro atoms. The van der Waals surface area contributed by atoms with Gasteiger partial charge < -0.3 is 9.22 Å². The fourth-order valence-corrected chi connectivity index (χ4v) is 9.63. The first-order chi connectivity index (χ1) is 8.76. The molecule has 0 unspecified atom stereocenters. The lowest BCUT2D eigenvalue weighted by Crippen LogP contribution is -2.43. The first kappa shape index (κ1) is 20.1. The van der Waals surface area contributed by atoms with E-state index >= 15 is 0 Å². The predicted molar refractivity (Wildman–Crippen MR) is 80.6 cm³/mol. The van der Waals surface area contributed by atoms with Crippen molar-refractivity contribution in [2.75, 3.05) is 13.2 Å². The number of aliphatic hydroxyl groups excluding tert-OH is 1. The highest BCUT2D eigenvalue weighted by Crippen LogP contribution is 2.29. The second-order valence-corrected chi connectivity index (χ2v) is 16.2. The van der Waals surface area contributed by atoms with E-state index in [1.165, 1.54) is 0 Å². The third-order valence-electron chi connectivity index (χ3n) is 2.53. The second kappa shape index (κ2) is 7.39. The summed E-state index contributed by atoms with van der Waals surface area (Å²) in [6.07, 6.45) is -3.31. The summed E-state index contributed by atoms with van der Waals surface area (Å²) in [5.74, 6) is 0. The number of nitrogens with zero attached hydrogens (tertiary/aromatic N) is 1. The number of rotatable bonds is 3. The van der Waals surface area contributed by atoms with Gasteiger partial charge in [-0.3, -0.25) is 0 Å². The maximum absolute atomic E-state index is 12.0. The Labute approximate surface area is 122 Å². The van der Waals surface area contributed by atoms with Crippen molar-refractivity contribution in [2.24, 2.45) is 0 Å². The molecular formula is C12H28F3NO2Si2. The van der Waals surface area contributed by atoms with Crippen molar-refractivity contribution in [3.05, 3.63) is 0 Å². The van der Waals surface area contributed by atoms with Gasteiger partial charge in [-0.25, -0.2) is 4.90 Å². The SMILES string of the molecule is C[Si](C)(C)O[Si](C)(C)C.OC[C@@H]1CCCN1C(F)(F)F. The van der Waals surface area contributed by atoms with Gasteiger partial charge in [0.15, 0.2) is 16.6 Å². The van der Waals surface area contributed by atoms with E-state index in [2.05, 4.69) is 39.3 Å². The number of alkyl halides is 3. The molecule has 0 aromatic heterocycles. The molecule has 0 radical (unpaired) electrons. The van der Waals surface area contributed by atoms with Crippen LogP contribution in [0.2, 0.25) is 39.3 Å². The zero-order valence-corrected chi connectivity index (χ0v) is 15.3. The standard InChI is InChI=1S/C6H10F3NO.C6H18OSi2/c7-6(8,9)10-3-1-2-5(10)4-11;1-8(2,3)7-9(4,5)6/h5,11H,1-4H2;1-6H3/t5-;/m0./s1. The zero-order chi connectivity index (χ0) is 16.2. The first-order valence-electron chi connectivity index (χ1n) is 6.91. The van der Waals surface area contributed by atoms with E-state index in [4.69, 9.17) is 9.22 Å². The molecule has 0 saturated carbocycles. The molecule has 8 heteroatoms. The van der Waals surface area contributed by atoms with Gasteiger partial charge in [0, 0.05) is 12.6 Å². The molecule has 1 atom stereocenters. The summed E-state index contributed by atoms with van der Waals surface area (Å²) in [5.41, 5.74) is 0. The molecule has 1 N–H and O–H groups in total. The largest absolute Gasteiger partial charge is 0.460 e. The summed E-state index contributed by atoms with van der Waals surface area (Å²) in [4.78, 5) is 0.396. The summed E-state index contributed by atoms with van der Waals surface area (Å²) in [6.45, 7) is 13.1. The lowest BCUT2D eigenvalue weighted by atomic mass is 10.2. The van der Waals surface area contributed by atoms with Crippen LogP contribution in [0.25, 0.3) is 0 Å². The molecule has 0 aromatic rings. The number of likely N-dealkylation sites (tertiary alicyclic amines) is 1.